The third-order valence-corrected chi connectivity index (χ3v) is 4.75. The van der Waals surface area contributed by atoms with Gasteiger partial charge in [0.2, 0.25) is 11.8 Å². The third kappa shape index (κ3) is 2.17. The summed E-state index contributed by atoms with van der Waals surface area (Å²) >= 11 is 3.45. The molecule has 0 aliphatic carbocycles. The fraction of sp³-hybridized carbons (Fsp3) is 0.188. The molecule has 0 fully saturated rings. The highest BCUT2D eigenvalue weighted by Gasteiger charge is 2.36. The molecular formula is C16H13BrN4O3. The van der Waals surface area contributed by atoms with E-state index in [-0.39, 0.29) is 22.9 Å². The van der Waals surface area contributed by atoms with Crippen LogP contribution in [0.3, 0.4) is 0 Å². The van der Waals surface area contributed by atoms with E-state index < -0.39 is 17.2 Å². The maximum atomic E-state index is 12.7. The zero-order valence-electron chi connectivity index (χ0n) is 12.9. The van der Waals surface area contributed by atoms with Crippen molar-refractivity contribution in [2.75, 3.05) is 0 Å². The van der Waals surface area contributed by atoms with E-state index in [0.29, 0.717) is 5.56 Å². The molecule has 1 aliphatic rings. The van der Waals surface area contributed by atoms with Crippen molar-refractivity contribution in [3.05, 3.63) is 72.2 Å². The molecule has 0 unspecified atom stereocenters. The first-order valence-electron chi connectivity index (χ1n) is 7.00. The lowest BCUT2D eigenvalue weighted by atomic mass is 9.85. The average Bonchev–Trinajstić information content (AvgIpc) is 2.57. The minimum Gasteiger partial charge on any atom is -0.423 e. The SMILES string of the molecule is Cn1c2c(c(=O)n(C)c1=O)[C@H](c1ccccc1Br)C(C#N)=C(N)O2. The first kappa shape index (κ1) is 16.1. The van der Waals surface area contributed by atoms with Crippen molar-refractivity contribution in [2.45, 2.75) is 5.92 Å². The molecule has 0 amide bonds. The number of hydrogen-bond acceptors (Lipinski definition) is 5. The monoisotopic (exact) mass is 388 g/mol. The molecule has 3 rings (SSSR count). The Bertz CT molecular complexity index is 1040. The average molecular weight is 389 g/mol. The van der Waals surface area contributed by atoms with Crippen molar-refractivity contribution in [3.8, 4) is 11.9 Å². The van der Waals surface area contributed by atoms with Crippen LogP contribution in [0.2, 0.25) is 0 Å². The summed E-state index contributed by atoms with van der Waals surface area (Å²) in [6.07, 6.45) is 0. The van der Waals surface area contributed by atoms with E-state index in [1.165, 1.54) is 18.7 Å². The van der Waals surface area contributed by atoms with Crippen LogP contribution in [-0.4, -0.2) is 9.13 Å². The van der Waals surface area contributed by atoms with E-state index in [2.05, 4.69) is 15.9 Å². The lowest BCUT2D eigenvalue weighted by molar-refractivity contribution is 0.348. The number of nitrogens with two attached hydrogens (primary N) is 1. The summed E-state index contributed by atoms with van der Waals surface area (Å²) < 4.78 is 8.36. The molecule has 2 N–H and O–H groups in total. The lowest BCUT2D eigenvalue weighted by Crippen LogP contribution is -2.42. The molecule has 1 atom stereocenters. The second kappa shape index (κ2) is 5.69. The van der Waals surface area contributed by atoms with Crippen LogP contribution in [0, 0.1) is 11.3 Å². The highest BCUT2D eigenvalue weighted by molar-refractivity contribution is 9.10. The van der Waals surface area contributed by atoms with Crippen molar-refractivity contribution < 1.29 is 4.74 Å². The van der Waals surface area contributed by atoms with Crippen LogP contribution in [0.1, 0.15) is 17.0 Å². The van der Waals surface area contributed by atoms with Gasteiger partial charge in [0.1, 0.15) is 11.6 Å². The van der Waals surface area contributed by atoms with Gasteiger partial charge in [-0.15, -0.1) is 0 Å². The van der Waals surface area contributed by atoms with E-state index in [9.17, 15) is 14.9 Å². The van der Waals surface area contributed by atoms with Crippen molar-refractivity contribution in [2.24, 2.45) is 19.8 Å². The second-order valence-corrected chi connectivity index (χ2v) is 6.23. The highest BCUT2D eigenvalue weighted by atomic mass is 79.9. The van der Waals surface area contributed by atoms with E-state index in [0.717, 1.165) is 9.04 Å². The van der Waals surface area contributed by atoms with Crippen molar-refractivity contribution in [3.63, 3.8) is 0 Å². The van der Waals surface area contributed by atoms with Crippen molar-refractivity contribution in [1.82, 2.24) is 9.13 Å². The molecule has 122 valence electrons. The van der Waals surface area contributed by atoms with Crippen LogP contribution in [0.25, 0.3) is 0 Å². The number of nitrogens with zero attached hydrogens (tertiary/aromatic N) is 3. The summed E-state index contributed by atoms with van der Waals surface area (Å²) in [7, 11) is 2.87. The number of ether oxygens (including phenoxy) is 1. The number of hydrogen-bond donors (Lipinski definition) is 1. The lowest BCUT2D eigenvalue weighted by Gasteiger charge is -2.27. The van der Waals surface area contributed by atoms with Gasteiger partial charge >= 0.3 is 5.69 Å². The Morgan fingerprint density at radius 1 is 1.25 bits per heavy atom. The van der Waals surface area contributed by atoms with Gasteiger partial charge in [-0.2, -0.15) is 5.26 Å². The summed E-state index contributed by atoms with van der Waals surface area (Å²) in [5.41, 5.74) is 5.86. The number of halogens is 1. The normalized spacial score (nSPS) is 16.3. The van der Waals surface area contributed by atoms with Crippen molar-refractivity contribution >= 4 is 15.9 Å². The summed E-state index contributed by atoms with van der Waals surface area (Å²) in [5.74, 6) is -0.783. The number of allylic oxidation sites excluding steroid dienone is 1. The van der Waals surface area contributed by atoms with Gasteiger partial charge in [-0.05, 0) is 11.6 Å². The fourth-order valence-electron chi connectivity index (χ4n) is 2.81. The fourth-order valence-corrected chi connectivity index (χ4v) is 3.32. The van der Waals surface area contributed by atoms with Gasteiger partial charge in [0, 0.05) is 18.6 Å². The third-order valence-electron chi connectivity index (χ3n) is 4.03. The minimum absolute atomic E-state index is 0.0559. The molecule has 0 radical (unpaired) electrons. The Morgan fingerprint density at radius 3 is 2.54 bits per heavy atom. The Balaban J connectivity index is 2.47. The molecule has 2 heterocycles. The Kier molecular flexibility index (Phi) is 3.81. The number of fused-ring (bicyclic) bond motifs is 1. The van der Waals surface area contributed by atoms with Crippen LogP contribution >= 0.6 is 15.9 Å². The molecule has 1 aromatic heterocycles. The first-order valence-corrected chi connectivity index (χ1v) is 7.79. The highest BCUT2D eigenvalue weighted by Crippen LogP contribution is 2.41. The topological polar surface area (TPSA) is 103 Å². The molecule has 0 saturated carbocycles. The Labute approximate surface area is 145 Å². The van der Waals surface area contributed by atoms with Crippen LogP contribution < -0.4 is 21.7 Å². The maximum Gasteiger partial charge on any atom is 0.333 e. The molecule has 0 saturated heterocycles. The largest absolute Gasteiger partial charge is 0.423 e. The first-order chi connectivity index (χ1) is 11.4. The van der Waals surface area contributed by atoms with Crippen LogP contribution in [0.15, 0.2) is 49.8 Å². The Hall–Kier alpha value is -2.79. The van der Waals surface area contributed by atoms with Gasteiger partial charge in [0.25, 0.3) is 5.56 Å². The number of rotatable bonds is 1. The number of benzene rings is 1. The van der Waals surface area contributed by atoms with Crippen LogP contribution in [0.5, 0.6) is 5.88 Å². The van der Waals surface area contributed by atoms with Crippen LogP contribution in [0.4, 0.5) is 0 Å². The van der Waals surface area contributed by atoms with Crippen molar-refractivity contribution in [1.29, 1.82) is 5.26 Å². The smallest absolute Gasteiger partial charge is 0.333 e. The predicted molar refractivity (Wildman–Crippen MR) is 90.4 cm³/mol. The van der Waals surface area contributed by atoms with E-state index >= 15 is 0 Å². The molecule has 2 aromatic rings. The van der Waals surface area contributed by atoms with E-state index in [1.807, 2.05) is 18.2 Å². The molecule has 1 aliphatic heterocycles. The Morgan fingerprint density at radius 2 is 1.92 bits per heavy atom. The summed E-state index contributed by atoms with van der Waals surface area (Å²) in [4.78, 5) is 24.9. The standard InChI is InChI=1S/C16H13BrN4O3/c1-20-14(22)12-11(8-5-3-4-6-10(8)17)9(7-18)13(19)24-15(12)21(2)16(20)23/h3-6,11H,19H2,1-2H3/t11-/m1/s1. The van der Waals surface area contributed by atoms with E-state index in [1.54, 1.807) is 12.1 Å². The molecule has 1 aromatic carbocycles. The van der Waals surface area contributed by atoms with Crippen LogP contribution in [-0.2, 0) is 14.1 Å². The van der Waals surface area contributed by atoms with Gasteiger partial charge in [0.15, 0.2) is 0 Å². The molecule has 0 spiro atoms. The van der Waals surface area contributed by atoms with Gasteiger partial charge in [-0.3, -0.25) is 13.9 Å². The van der Waals surface area contributed by atoms with Gasteiger partial charge in [-0.1, -0.05) is 34.1 Å². The zero-order valence-corrected chi connectivity index (χ0v) is 14.5. The van der Waals surface area contributed by atoms with Gasteiger partial charge in [0.05, 0.1) is 11.5 Å². The van der Waals surface area contributed by atoms with E-state index in [4.69, 9.17) is 10.5 Å². The quantitative estimate of drug-likeness (QED) is 0.786. The molecule has 24 heavy (non-hydrogen) atoms. The summed E-state index contributed by atoms with van der Waals surface area (Å²) in [6, 6.07) is 9.25. The predicted octanol–water partition coefficient (Wildman–Crippen LogP) is 1.06. The number of nitriles is 1. The maximum absolute atomic E-state index is 12.7. The van der Waals surface area contributed by atoms with Gasteiger partial charge < -0.3 is 10.5 Å². The number of aromatic nitrogens is 2. The van der Waals surface area contributed by atoms with Gasteiger partial charge in [-0.25, -0.2) is 4.79 Å². The zero-order chi connectivity index (χ0) is 17.6. The molecule has 0 bridgehead atoms. The molecule has 8 heteroatoms. The summed E-state index contributed by atoms with van der Waals surface area (Å²) in [6.45, 7) is 0. The minimum atomic E-state index is -0.722. The molecular weight excluding hydrogens is 376 g/mol. The second-order valence-electron chi connectivity index (χ2n) is 5.37. The summed E-state index contributed by atoms with van der Waals surface area (Å²) in [5, 5.41) is 9.53. The molecule has 7 nitrogen and oxygen atoms in total.